The number of alkyl halides is 4. The van der Waals surface area contributed by atoms with Crippen LogP contribution in [0.15, 0.2) is 48.5 Å². The van der Waals surface area contributed by atoms with Crippen molar-refractivity contribution in [2.45, 2.75) is 62.6 Å². The normalized spacial score (nSPS) is 15.1. The van der Waals surface area contributed by atoms with Gasteiger partial charge in [-0.2, -0.15) is 17.6 Å². The summed E-state index contributed by atoms with van der Waals surface area (Å²) in [6.07, 6.45) is -0.315. The van der Waals surface area contributed by atoms with Crippen LogP contribution in [-0.4, -0.2) is 55.4 Å². The van der Waals surface area contributed by atoms with Crippen molar-refractivity contribution in [2.24, 2.45) is 11.7 Å². The van der Waals surface area contributed by atoms with Crippen LogP contribution in [0, 0.1) is 50.0 Å². The molecule has 0 spiro atoms. The molecule has 2 aromatic carbocycles. The average Bonchev–Trinajstić information content (AvgIpc) is 2.94. The molecule has 0 aromatic heterocycles. The smallest absolute Gasteiger partial charge is 0.399 e. The number of primary amides is 1. The van der Waals surface area contributed by atoms with Gasteiger partial charge in [0.25, 0.3) is 0 Å². The van der Waals surface area contributed by atoms with Crippen molar-refractivity contribution in [3.8, 4) is 0 Å². The van der Waals surface area contributed by atoms with Gasteiger partial charge in [0, 0.05) is 68.0 Å². The molecule has 46 heavy (non-hydrogen) atoms. The number of benzene rings is 2. The van der Waals surface area contributed by atoms with E-state index in [0.717, 1.165) is 48.5 Å². The summed E-state index contributed by atoms with van der Waals surface area (Å²) < 4.78 is 78.4. The third kappa shape index (κ3) is 10.6. The standard InChI is InChI=1S/C26H33F4N4O9P2.Ac/c1-3-14(2)21(31)24(37)34-20(13-16-6-10-18(11-7-16)26(29,30)45(41,42)43)23(36)33-19(22(32)35)12-15-4-8-17(9-5-15)25(27,28)44(38,39)40;/h4-11,14,19-21,31H,3,12-13H2,1-2H3,(H2,32,35)(H,33,36)(H,34,37)(H2,38,39,40)(H2,41,42,43);/q-1;. The van der Waals surface area contributed by atoms with E-state index in [-0.39, 0.29) is 68.0 Å². The number of halogens is 4. The number of hydrogen-bond acceptors (Lipinski definition) is 5. The molecule has 0 saturated carbocycles. The molecule has 0 aliphatic rings. The van der Waals surface area contributed by atoms with E-state index in [9.17, 15) is 41.1 Å². The summed E-state index contributed by atoms with van der Waals surface area (Å²) in [5.74, 6) is -3.38. The molecule has 1 radical (unpaired) electrons. The summed E-state index contributed by atoms with van der Waals surface area (Å²) in [6, 6.07) is 2.74. The zero-order valence-corrected chi connectivity index (χ0v) is 31.0. The van der Waals surface area contributed by atoms with Crippen molar-refractivity contribution in [1.29, 1.82) is 0 Å². The molecule has 0 heterocycles. The summed E-state index contributed by atoms with van der Waals surface area (Å²) in [6.45, 7) is 3.35. The maximum Gasteiger partial charge on any atom is 0.399 e. The predicted molar refractivity (Wildman–Crippen MR) is 153 cm³/mol. The number of rotatable bonds is 15. The number of amides is 3. The molecule has 3 amide bonds. The molecule has 0 saturated heterocycles. The third-order valence-corrected chi connectivity index (χ3v) is 8.98. The second-order valence-corrected chi connectivity index (χ2v) is 13.7. The molecule has 9 N–H and O–H groups in total. The molecular weight excluding hydrogens is 877 g/mol. The van der Waals surface area contributed by atoms with Crippen LogP contribution in [-0.2, 0) is 47.7 Å². The van der Waals surface area contributed by atoms with Crippen LogP contribution in [0.3, 0.4) is 0 Å². The van der Waals surface area contributed by atoms with Gasteiger partial charge in [0.15, 0.2) is 0 Å². The maximum absolute atomic E-state index is 14.1. The monoisotopic (exact) mass is 910 g/mol. The molecule has 2 aromatic rings. The fourth-order valence-corrected chi connectivity index (χ4v) is 4.92. The van der Waals surface area contributed by atoms with E-state index in [1.165, 1.54) is 0 Å². The Morgan fingerprint density at radius 3 is 1.46 bits per heavy atom. The van der Waals surface area contributed by atoms with Crippen LogP contribution < -0.4 is 16.4 Å². The van der Waals surface area contributed by atoms with Crippen molar-refractivity contribution in [2.75, 3.05) is 0 Å². The Morgan fingerprint density at radius 1 is 0.783 bits per heavy atom. The molecule has 4 atom stereocenters. The first kappa shape index (κ1) is 42.3. The Hall–Kier alpha value is -1.73. The zero-order valence-electron chi connectivity index (χ0n) is 24.4. The van der Waals surface area contributed by atoms with Gasteiger partial charge in [-0.15, -0.1) is 0 Å². The van der Waals surface area contributed by atoms with Crippen LogP contribution in [0.4, 0.5) is 17.6 Å². The molecule has 13 nitrogen and oxygen atoms in total. The van der Waals surface area contributed by atoms with Gasteiger partial charge in [-0.05, 0) is 11.1 Å². The molecule has 0 fully saturated rings. The number of carbonyl (C=O) groups is 3. The molecule has 20 heteroatoms. The minimum atomic E-state index is -5.86. The molecule has 0 aliphatic heterocycles. The number of hydrogen-bond donors (Lipinski definition) is 7. The second-order valence-electron chi connectivity index (χ2n) is 10.4. The number of nitrogens with two attached hydrogens (primary N) is 1. The van der Waals surface area contributed by atoms with E-state index in [1.54, 1.807) is 13.8 Å². The topological polar surface area (TPSA) is 240 Å². The predicted octanol–water partition coefficient (Wildman–Crippen LogP) is 2.85. The Balaban J connectivity index is 0.0000106. The SMILES string of the molecule is CCC(C)C([NH-])C(=O)NC(Cc1ccc(C(F)(F)P(=O)(O)O)cc1)C(=O)NC(Cc1ccc(C(F)(F)P(=O)(O)O)cc1)C(N)=O.[Ac]. The molecule has 4 unspecified atom stereocenters. The first-order chi connectivity index (χ1) is 20.5. The van der Waals surface area contributed by atoms with Gasteiger partial charge in [0.1, 0.15) is 12.1 Å². The fourth-order valence-electron chi connectivity index (χ4n) is 3.95. The van der Waals surface area contributed by atoms with Crippen LogP contribution >= 0.6 is 15.2 Å². The van der Waals surface area contributed by atoms with Gasteiger partial charge < -0.3 is 41.7 Å². The molecule has 0 bridgehead atoms. The van der Waals surface area contributed by atoms with Crippen molar-refractivity contribution in [3.05, 3.63) is 76.5 Å². The minimum Gasteiger partial charge on any atom is -0.667 e. The van der Waals surface area contributed by atoms with E-state index in [1.807, 2.05) is 0 Å². The first-order valence-corrected chi connectivity index (χ1v) is 16.4. The van der Waals surface area contributed by atoms with Crippen molar-refractivity contribution < 1.29 is 105 Å². The second kappa shape index (κ2) is 16.6. The summed E-state index contributed by atoms with van der Waals surface area (Å²) >= 11 is 0. The quantitative estimate of drug-likeness (QED) is 0.103. The molecule has 0 aliphatic carbocycles. The van der Waals surface area contributed by atoms with Gasteiger partial charge >= 0.3 is 26.5 Å². The Labute approximate surface area is 297 Å². The van der Waals surface area contributed by atoms with E-state index in [4.69, 9.17) is 31.0 Å². The summed E-state index contributed by atoms with van der Waals surface area (Å²) in [5.41, 5.74) is 2.85. The minimum absolute atomic E-state index is 0. The number of carbonyl (C=O) groups excluding carboxylic acids is 3. The van der Waals surface area contributed by atoms with E-state index < -0.39 is 79.4 Å². The van der Waals surface area contributed by atoms with Gasteiger partial charge in [-0.25, -0.2) is 0 Å². The Morgan fingerprint density at radius 2 is 1.13 bits per heavy atom. The Bertz CT molecular complexity index is 1470. The summed E-state index contributed by atoms with van der Waals surface area (Å²) in [5, 5.41) is 4.69. The van der Waals surface area contributed by atoms with Crippen LogP contribution in [0.1, 0.15) is 42.5 Å². The zero-order chi connectivity index (χ0) is 34.5. The van der Waals surface area contributed by atoms with E-state index in [0.29, 0.717) is 6.42 Å². The molecular formula is C26H33AcF4N4O9P2-. The van der Waals surface area contributed by atoms with Crippen LogP contribution in [0.2, 0.25) is 0 Å². The average molecular weight is 911 g/mol. The van der Waals surface area contributed by atoms with Crippen molar-refractivity contribution >= 4 is 32.9 Å². The molecule has 253 valence electrons. The van der Waals surface area contributed by atoms with E-state index >= 15 is 0 Å². The van der Waals surface area contributed by atoms with Gasteiger partial charge in [0.2, 0.25) is 17.7 Å². The van der Waals surface area contributed by atoms with Gasteiger partial charge in [-0.1, -0.05) is 80.8 Å². The maximum atomic E-state index is 14.1. The van der Waals surface area contributed by atoms with Gasteiger partial charge in [0.05, 0.1) is 0 Å². The third-order valence-electron chi connectivity index (χ3n) is 7.00. The fraction of sp³-hybridized carbons (Fsp3) is 0.423. The largest absolute Gasteiger partial charge is 0.667 e. The molecule has 2 rings (SSSR count). The Kier molecular flexibility index (Phi) is 15.3. The van der Waals surface area contributed by atoms with Crippen molar-refractivity contribution in [1.82, 2.24) is 10.6 Å². The van der Waals surface area contributed by atoms with Crippen LogP contribution in [0.5, 0.6) is 0 Å². The summed E-state index contributed by atoms with van der Waals surface area (Å²) in [4.78, 5) is 74.0. The first-order valence-electron chi connectivity index (χ1n) is 13.2. The van der Waals surface area contributed by atoms with Crippen LogP contribution in [0.25, 0.3) is 5.73 Å². The van der Waals surface area contributed by atoms with E-state index in [2.05, 4.69) is 10.6 Å². The van der Waals surface area contributed by atoms with Gasteiger partial charge in [-0.3, -0.25) is 23.5 Å². The van der Waals surface area contributed by atoms with Crippen molar-refractivity contribution in [3.63, 3.8) is 0 Å². The number of nitrogens with one attached hydrogen (secondary N) is 3. The summed E-state index contributed by atoms with van der Waals surface area (Å²) in [7, 11) is -11.7.